The van der Waals surface area contributed by atoms with Crippen molar-refractivity contribution in [2.75, 3.05) is 0 Å². The monoisotopic (exact) mass is 212 g/mol. The maximum atomic E-state index is 11.9. The van der Waals surface area contributed by atoms with Gasteiger partial charge in [0.25, 0.3) is 0 Å². The van der Waals surface area contributed by atoms with Crippen LogP contribution in [-0.4, -0.2) is 34.7 Å². The summed E-state index contributed by atoms with van der Waals surface area (Å²) in [6.45, 7) is 5.68. The topological polar surface area (TPSA) is 55.6 Å². The molecule has 0 radical (unpaired) electrons. The third-order valence-corrected chi connectivity index (χ3v) is 3.19. The number of hydrogen-bond donors (Lipinski definition) is 1. The molecule has 0 saturated carbocycles. The SMILES string of the molecule is CC(C)(C)OC(=O)N1[C@@H]2CC[C@@H]1[C@H](N)C2. The Labute approximate surface area is 90.8 Å². The van der Waals surface area contributed by atoms with Gasteiger partial charge in [-0.15, -0.1) is 0 Å². The Morgan fingerprint density at radius 2 is 2.07 bits per heavy atom. The van der Waals surface area contributed by atoms with Gasteiger partial charge in [-0.1, -0.05) is 0 Å². The minimum atomic E-state index is -0.413. The fourth-order valence-corrected chi connectivity index (χ4v) is 2.63. The Morgan fingerprint density at radius 1 is 1.40 bits per heavy atom. The highest BCUT2D eigenvalue weighted by Crippen LogP contribution is 2.37. The molecule has 2 aliphatic heterocycles. The van der Waals surface area contributed by atoms with Crippen LogP contribution in [-0.2, 0) is 4.74 Å². The number of ether oxygens (including phenoxy) is 1. The van der Waals surface area contributed by atoms with Gasteiger partial charge in [-0.25, -0.2) is 4.79 Å². The second-order valence-electron chi connectivity index (χ2n) is 5.59. The molecule has 2 bridgehead atoms. The summed E-state index contributed by atoms with van der Waals surface area (Å²) >= 11 is 0. The van der Waals surface area contributed by atoms with E-state index in [1.165, 1.54) is 0 Å². The van der Waals surface area contributed by atoms with Gasteiger partial charge in [-0.2, -0.15) is 0 Å². The van der Waals surface area contributed by atoms with E-state index >= 15 is 0 Å². The van der Waals surface area contributed by atoms with Crippen molar-refractivity contribution in [1.82, 2.24) is 4.90 Å². The molecule has 0 spiro atoms. The summed E-state index contributed by atoms with van der Waals surface area (Å²) in [6, 6.07) is 0.681. The van der Waals surface area contributed by atoms with Crippen molar-refractivity contribution in [2.45, 2.75) is 63.8 Å². The fourth-order valence-electron chi connectivity index (χ4n) is 2.63. The predicted octanol–water partition coefficient (Wildman–Crippen LogP) is 1.49. The standard InChI is InChI=1S/C11H20N2O2/c1-11(2,3)15-10(14)13-7-4-5-9(13)8(12)6-7/h7-9H,4-6,12H2,1-3H3/t7-,8-,9-/m1/s1. The molecule has 4 heteroatoms. The molecule has 4 nitrogen and oxygen atoms in total. The van der Waals surface area contributed by atoms with Gasteiger partial charge >= 0.3 is 6.09 Å². The van der Waals surface area contributed by atoms with Crippen LogP contribution in [0.15, 0.2) is 0 Å². The molecule has 15 heavy (non-hydrogen) atoms. The van der Waals surface area contributed by atoms with Gasteiger partial charge in [0, 0.05) is 12.1 Å². The maximum Gasteiger partial charge on any atom is 0.410 e. The van der Waals surface area contributed by atoms with E-state index in [4.69, 9.17) is 10.5 Å². The van der Waals surface area contributed by atoms with Gasteiger partial charge < -0.3 is 15.4 Å². The number of hydrogen-bond acceptors (Lipinski definition) is 3. The van der Waals surface area contributed by atoms with Crippen LogP contribution in [0.25, 0.3) is 0 Å². The van der Waals surface area contributed by atoms with Crippen molar-refractivity contribution in [3.8, 4) is 0 Å². The van der Waals surface area contributed by atoms with Crippen LogP contribution < -0.4 is 5.73 Å². The van der Waals surface area contributed by atoms with E-state index in [2.05, 4.69) is 0 Å². The number of fused-ring (bicyclic) bond motifs is 2. The molecular formula is C11H20N2O2. The lowest BCUT2D eigenvalue weighted by Gasteiger charge is -2.27. The zero-order valence-corrected chi connectivity index (χ0v) is 9.69. The molecule has 0 aromatic heterocycles. The van der Waals surface area contributed by atoms with Crippen LogP contribution in [0.3, 0.4) is 0 Å². The molecular weight excluding hydrogens is 192 g/mol. The summed E-state index contributed by atoms with van der Waals surface area (Å²) < 4.78 is 5.38. The maximum absolute atomic E-state index is 11.9. The molecule has 2 N–H and O–H groups in total. The second kappa shape index (κ2) is 3.37. The first kappa shape index (κ1) is 10.7. The van der Waals surface area contributed by atoms with Gasteiger partial charge in [0.2, 0.25) is 0 Å². The lowest BCUT2D eigenvalue weighted by molar-refractivity contribution is 0.0213. The summed E-state index contributed by atoms with van der Waals surface area (Å²) in [7, 11) is 0. The third kappa shape index (κ3) is 1.95. The predicted molar refractivity (Wildman–Crippen MR) is 57.5 cm³/mol. The van der Waals surface area contributed by atoms with Crippen molar-refractivity contribution in [1.29, 1.82) is 0 Å². The second-order valence-corrected chi connectivity index (χ2v) is 5.59. The Balaban J connectivity index is 2.03. The number of nitrogens with zero attached hydrogens (tertiary/aromatic N) is 1. The van der Waals surface area contributed by atoms with Crippen LogP contribution in [0.1, 0.15) is 40.0 Å². The summed E-state index contributed by atoms with van der Waals surface area (Å²) in [5, 5.41) is 0. The summed E-state index contributed by atoms with van der Waals surface area (Å²) in [5.74, 6) is 0. The summed E-state index contributed by atoms with van der Waals surface area (Å²) in [5.41, 5.74) is 5.55. The molecule has 2 heterocycles. The van der Waals surface area contributed by atoms with E-state index in [1.807, 2.05) is 25.7 Å². The van der Waals surface area contributed by atoms with Crippen LogP contribution in [0, 0.1) is 0 Å². The normalized spacial score (nSPS) is 34.7. The number of nitrogens with two attached hydrogens (primary N) is 1. The van der Waals surface area contributed by atoms with Crippen molar-refractivity contribution in [2.24, 2.45) is 5.73 Å². The molecule has 2 saturated heterocycles. The highest BCUT2D eigenvalue weighted by Gasteiger charge is 2.48. The zero-order chi connectivity index (χ0) is 11.2. The molecule has 2 aliphatic rings. The van der Waals surface area contributed by atoms with Crippen molar-refractivity contribution >= 4 is 6.09 Å². The molecule has 1 amide bonds. The van der Waals surface area contributed by atoms with Crippen LogP contribution in [0.4, 0.5) is 4.79 Å². The highest BCUT2D eigenvalue weighted by molar-refractivity contribution is 5.70. The number of carbonyl (C=O) groups is 1. The molecule has 2 fully saturated rings. The largest absolute Gasteiger partial charge is 0.444 e. The van der Waals surface area contributed by atoms with E-state index in [1.54, 1.807) is 0 Å². The Morgan fingerprint density at radius 3 is 2.47 bits per heavy atom. The van der Waals surface area contributed by atoms with Gasteiger partial charge in [0.05, 0.1) is 6.04 Å². The first-order chi connectivity index (χ1) is 6.88. The molecule has 0 aliphatic carbocycles. The minimum Gasteiger partial charge on any atom is -0.444 e. The van der Waals surface area contributed by atoms with Crippen molar-refractivity contribution in [3.63, 3.8) is 0 Å². The molecule has 0 unspecified atom stereocenters. The van der Waals surface area contributed by atoms with E-state index in [0.29, 0.717) is 6.04 Å². The smallest absolute Gasteiger partial charge is 0.410 e. The Bertz CT molecular complexity index is 272. The quantitative estimate of drug-likeness (QED) is 0.661. The Kier molecular flexibility index (Phi) is 2.41. The number of rotatable bonds is 0. The summed E-state index contributed by atoms with van der Waals surface area (Å²) in [4.78, 5) is 13.8. The molecule has 3 atom stereocenters. The summed E-state index contributed by atoms with van der Waals surface area (Å²) in [6.07, 6.45) is 2.86. The lowest BCUT2D eigenvalue weighted by Crippen LogP contribution is -2.43. The van der Waals surface area contributed by atoms with E-state index in [0.717, 1.165) is 19.3 Å². The third-order valence-electron chi connectivity index (χ3n) is 3.19. The first-order valence-corrected chi connectivity index (χ1v) is 5.65. The molecule has 0 aromatic rings. The average molecular weight is 212 g/mol. The van der Waals surface area contributed by atoms with E-state index in [9.17, 15) is 4.79 Å². The van der Waals surface area contributed by atoms with Gasteiger partial charge in [0.1, 0.15) is 5.60 Å². The molecule has 86 valence electrons. The zero-order valence-electron chi connectivity index (χ0n) is 9.69. The minimum absolute atomic E-state index is 0.149. The Hall–Kier alpha value is -0.770. The van der Waals surface area contributed by atoms with Crippen molar-refractivity contribution in [3.05, 3.63) is 0 Å². The lowest BCUT2D eigenvalue weighted by atomic mass is 9.97. The number of carbonyl (C=O) groups excluding carboxylic acids is 1. The van der Waals surface area contributed by atoms with E-state index < -0.39 is 5.60 Å². The van der Waals surface area contributed by atoms with Gasteiger partial charge in [-0.3, -0.25) is 0 Å². The fraction of sp³-hybridized carbons (Fsp3) is 0.909. The van der Waals surface area contributed by atoms with E-state index in [-0.39, 0.29) is 18.2 Å². The van der Waals surface area contributed by atoms with Gasteiger partial charge in [-0.05, 0) is 40.0 Å². The van der Waals surface area contributed by atoms with Crippen LogP contribution in [0.5, 0.6) is 0 Å². The highest BCUT2D eigenvalue weighted by atomic mass is 16.6. The number of amides is 1. The van der Waals surface area contributed by atoms with Gasteiger partial charge in [0.15, 0.2) is 0 Å². The molecule has 0 aromatic carbocycles. The van der Waals surface area contributed by atoms with Crippen LogP contribution >= 0.6 is 0 Å². The van der Waals surface area contributed by atoms with Crippen LogP contribution in [0.2, 0.25) is 0 Å². The van der Waals surface area contributed by atoms with Crippen molar-refractivity contribution < 1.29 is 9.53 Å². The average Bonchev–Trinajstić information content (AvgIpc) is 2.55. The first-order valence-electron chi connectivity index (χ1n) is 5.65. The molecule has 2 rings (SSSR count).